The number of nitrogens with zero attached hydrogens (tertiary/aromatic N) is 3. The van der Waals surface area contributed by atoms with Crippen LogP contribution in [0.2, 0.25) is 0 Å². The smallest absolute Gasteiger partial charge is 0.195 e. The van der Waals surface area contributed by atoms with Crippen LogP contribution in [0.25, 0.3) is 10.9 Å². The van der Waals surface area contributed by atoms with Crippen LogP contribution in [-0.4, -0.2) is 41.3 Å². The fourth-order valence-electron chi connectivity index (χ4n) is 4.74. The number of nitrogens with two attached hydrogens (primary N) is 1. The largest absolute Gasteiger partial charge is 0.369 e. The van der Waals surface area contributed by atoms with Crippen LogP contribution in [-0.2, 0) is 5.41 Å². The van der Waals surface area contributed by atoms with Crippen molar-refractivity contribution in [1.82, 2.24) is 9.29 Å². The van der Waals surface area contributed by atoms with E-state index in [1.165, 1.54) is 12.1 Å². The summed E-state index contributed by atoms with van der Waals surface area (Å²) in [5.74, 6) is 0.0474. The monoisotopic (exact) mass is 417 g/mol. The van der Waals surface area contributed by atoms with Gasteiger partial charge in [-0.05, 0) is 35.9 Å². The number of nitrogens with one attached hydrogen (secondary N) is 1. The summed E-state index contributed by atoms with van der Waals surface area (Å²) in [7, 11) is 0. The first-order valence-corrected chi connectivity index (χ1v) is 10.9. The molecule has 0 unspecified atom stereocenters. The molecule has 0 spiro atoms. The first-order chi connectivity index (χ1) is 14.4. The second kappa shape index (κ2) is 6.88. The summed E-state index contributed by atoms with van der Waals surface area (Å²) >= 11 is 1.30. The fraction of sp³-hybridized carbons (Fsp3) is 0.304. The van der Waals surface area contributed by atoms with Crippen LogP contribution in [0, 0.1) is 11.3 Å². The molecule has 1 aliphatic carbocycles. The van der Waals surface area contributed by atoms with Crippen LogP contribution in [0.4, 0.5) is 5.69 Å². The molecule has 2 aromatic carbocycles. The number of aromatic amines is 1. The van der Waals surface area contributed by atoms with Gasteiger partial charge in [-0.1, -0.05) is 19.9 Å². The first kappa shape index (κ1) is 19.2. The molecular weight excluding hydrogens is 394 g/mol. The number of ketones is 1. The maximum atomic E-state index is 13.5. The number of rotatable bonds is 2. The van der Waals surface area contributed by atoms with Gasteiger partial charge in [0.05, 0.1) is 17.2 Å². The standard InChI is InChI=1S/C23H23N5OS/c1-23(2)18-12-15(27-7-9-28(30-25)10-8-27)4-6-16(18)21(29)20-17-5-3-14(13-24)11-19(17)26-22(20)23/h3-6,11-12,26H,7-10,25H2,1-2H3. The molecule has 0 saturated carbocycles. The number of carbonyl (C=O) groups is 1. The molecule has 2 heterocycles. The minimum atomic E-state index is -0.352. The molecule has 1 aliphatic heterocycles. The molecule has 0 amide bonds. The van der Waals surface area contributed by atoms with E-state index in [0.717, 1.165) is 65.2 Å². The van der Waals surface area contributed by atoms with Crippen LogP contribution in [0.5, 0.6) is 0 Å². The Balaban J connectivity index is 1.60. The van der Waals surface area contributed by atoms with Gasteiger partial charge in [0, 0.05) is 71.6 Å². The minimum absolute atomic E-state index is 0.0474. The van der Waals surface area contributed by atoms with E-state index in [0.29, 0.717) is 5.56 Å². The van der Waals surface area contributed by atoms with Gasteiger partial charge in [0.2, 0.25) is 0 Å². The average molecular weight is 418 g/mol. The van der Waals surface area contributed by atoms with Crippen molar-refractivity contribution in [2.24, 2.45) is 5.14 Å². The number of hydrogen-bond acceptors (Lipinski definition) is 6. The van der Waals surface area contributed by atoms with E-state index in [1.807, 2.05) is 18.2 Å². The number of anilines is 1. The van der Waals surface area contributed by atoms with Crippen molar-refractivity contribution in [3.05, 3.63) is 64.3 Å². The Bertz CT molecular complexity index is 1210. The van der Waals surface area contributed by atoms with Crippen molar-refractivity contribution in [2.45, 2.75) is 19.3 Å². The lowest BCUT2D eigenvalue weighted by atomic mass is 9.71. The van der Waals surface area contributed by atoms with Crippen molar-refractivity contribution < 1.29 is 4.79 Å². The topological polar surface area (TPSA) is 89.2 Å². The van der Waals surface area contributed by atoms with E-state index < -0.39 is 0 Å². The summed E-state index contributed by atoms with van der Waals surface area (Å²) in [4.78, 5) is 19.3. The SMILES string of the molecule is CC1(C)c2cc(N3CCN(SN)CC3)ccc2C(=O)c2c1[nH]c1cc(C#N)ccc21. The summed E-state index contributed by atoms with van der Waals surface area (Å²) in [5, 5.41) is 15.8. The Hall–Kier alpha value is -2.79. The van der Waals surface area contributed by atoms with E-state index in [1.54, 1.807) is 6.07 Å². The van der Waals surface area contributed by atoms with Gasteiger partial charge >= 0.3 is 0 Å². The highest BCUT2D eigenvalue weighted by Gasteiger charge is 2.40. The Morgan fingerprint density at radius 2 is 1.90 bits per heavy atom. The van der Waals surface area contributed by atoms with E-state index in [-0.39, 0.29) is 11.2 Å². The summed E-state index contributed by atoms with van der Waals surface area (Å²) in [6.45, 7) is 7.95. The molecule has 0 bridgehead atoms. The molecule has 1 fully saturated rings. The Morgan fingerprint density at radius 3 is 2.60 bits per heavy atom. The highest BCUT2D eigenvalue weighted by molar-refractivity contribution is 7.94. The third kappa shape index (κ3) is 2.76. The van der Waals surface area contributed by atoms with Gasteiger partial charge in [-0.3, -0.25) is 9.93 Å². The average Bonchev–Trinajstić information content (AvgIpc) is 3.17. The number of piperazine rings is 1. The van der Waals surface area contributed by atoms with Gasteiger partial charge in [0.15, 0.2) is 5.78 Å². The van der Waals surface area contributed by atoms with Gasteiger partial charge in [-0.25, -0.2) is 4.31 Å². The van der Waals surface area contributed by atoms with Crippen LogP contribution < -0.4 is 10.0 Å². The second-order valence-electron chi connectivity index (χ2n) is 8.45. The third-order valence-corrected chi connectivity index (χ3v) is 7.12. The summed E-state index contributed by atoms with van der Waals surface area (Å²) in [6, 6.07) is 13.9. The molecule has 152 valence electrons. The van der Waals surface area contributed by atoms with Crippen molar-refractivity contribution in [3.8, 4) is 6.07 Å². The molecule has 3 aromatic rings. The lowest BCUT2D eigenvalue weighted by molar-refractivity contribution is 0.103. The number of nitriles is 1. The number of fused-ring (bicyclic) bond motifs is 4. The zero-order valence-electron chi connectivity index (χ0n) is 17.0. The molecule has 1 saturated heterocycles. The van der Waals surface area contributed by atoms with Crippen LogP contribution in [0.1, 0.15) is 46.6 Å². The maximum Gasteiger partial charge on any atom is 0.195 e. The van der Waals surface area contributed by atoms with Gasteiger partial charge in [-0.15, -0.1) is 0 Å². The molecule has 2 aliphatic rings. The number of H-pyrrole nitrogens is 1. The van der Waals surface area contributed by atoms with E-state index in [9.17, 15) is 10.1 Å². The predicted octanol–water partition coefficient (Wildman–Crippen LogP) is 3.55. The quantitative estimate of drug-likeness (QED) is 0.620. The van der Waals surface area contributed by atoms with Gasteiger partial charge in [-0.2, -0.15) is 5.26 Å². The molecule has 5 rings (SSSR count). The molecule has 30 heavy (non-hydrogen) atoms. The third-order valence-electron chi connectivity index (χ3n) is 6.45. The van der Waals surface area contributed by atoms with Crippen molar-refractivity contribution in [3.63, 3.8) is 0 Å². The number of carbonyl (C=O) groups excluding carboxylic acids is 1. The summed E-state index contributed by atoms with van der Waals surface area (Å²) in [6.07, 6.45) is 0. The number of aromatic nitrogens is 1. The van der Waals surface area contributed by atoms with E-state index in [2.05, 4.69) is 46.2 Å². The van der Waals surface area contributed by atoms with Gasteiger partial charge in [0.25, 0.3) is 0 Å². The van der Waals surface area contributed by atoms with Crippen molar-refractivity contribution in [1.29, 1.82) is 5.26 Å². The Morgan fingerprint density at radius 1 is 1.13 bits per heavy atom. The predicted molar refractivity (Wildman–Crippen MR) is 121 cm³/mol. The molecule has 3 N–H and O–H groups in total. The highest BCUT2D eigenvalue weighted by atomic mass is 32.2. The summed E-state index contributed by atoms with van der Waals surface area (Å²) < 4.78 is 2.16. The minimum Gasteiger partial charge on any atom is -0.369 e. The van der Waals surface area contributed by atoms with Gasteiger partial charge < -0.3 is 9.88 Å². The van der Waals surface area contributed by atoms with Crippen LogP contribution in [0.15, 0.2) is 36.4 Å². The van der Waals surface area contributed by atoms with Crippen LogP contribution in [0.3, 0.4) is 0 Å². The fourth-order valence-corrected chi connectivity index (χ4v) is 5.11. The van der Waals surface area contributed by atoms with Crippen molar-refractivity contribution >= 4 is 34.5 Å². The zero-order chi connectivity index (χ0) is 21.0. The van der Waals surface area contributed by atoms with Crippen molar-refractivity contribution in [2.75, 3.05) is 31.1 Å². The molecule has 0 radical (unpaired) electrons. The lowest BCUT2D eigenvalue weighted by Gasteiger charge is -2.37. The number of hydrogen-bond donors (Lipinski definition) is 2. The molecule has 7 heteroatoms. The lowest BCUT2D eigenvalue weighted by Crippen LogP contribution is -2.44. The second-order valence-corrected chi connectivity index (χ2v) is 9.18. The zero-order valence-corrected chi connectivity index (χ0v) is 17.8. The normalized spacial score (nSPS) is 18.2. The number of benzene rings is 2. The van der Waals surface area contributed by atoms with Crippen LogP contribution >= 0.6 is 12.1 Å². The first-order valence-electron chi connectivity index (χ1n) is 10.1. The van der Waals surface area contributed by atoms with E-state index >= 15 is 0 Å². The Kier molecular flexibility index (Phi) is 4.40. The summed E-state index contributed by atoms with van der Waals surface area (Å²) in [5.41, 5.74) is 5.67. The molecular formula is C23H23N5OS. The molecule has 1 aromatic heterocycles. The highest BCUT2D eigenvalue weighted by Crippen LogP contribution is 2.44. The maximum absolute atomic E-state index is 13.5. The molecule has 0 atom stereocenters. The molecule has 6 nitrogen and oxygen atoms in total. The van der Waals surface area contributed by atoms with E-state index in [4.69, 9.17) is 5.14 Å². The Labute approximate surface area is 179 Å². The van der Waals surface area contributed by atoms with Gasteiger partial charge in [0.1, 0.15) is 0 Å².